The van der Waals surface area contributed by atoms with Crippen LogP contribution in [0, 0.1) is 0 Å². The summed E-state index contributed by atoms with van der Waals surface area (Å²) in [7, 11) is 2.08. The molecule has 1 rings (SSSR count). The predicted molar refractivity (Wildman–Crippen MR) is 92.8 cm³/mol. The van der Waals surface area contributed by atoms with Gasteiger partial charge in [-0.1, -0.05) is 75.8 Å². The molecule has 0 aromatic heterocycles. The molecule has 20 heavy (non-hydrogen) atoms. The van der Waals surface area contributed by atoms with Crippen LogP contribution in [0.15, 0.2) is 67.8 Å². The Hall–Kier alpha value is -1.96. The number of benzene rings is 1. The van der Waals surface area contributed by atoms with Crippen molar-refractivity contribution >= 4 is 18.4 Å². The van der Waals surface area contributed by atoms with Crippen LogP contribution in [0.3, 0.4) is 0 Å². The Kier molecular flexibility index (Phi) is 6.11. The van der Waals surface area contributed by atoms with Crippen molar-refractivity contribution in [3.05, 3.63) is 73.4 Å². The molecular formula is C18H23BN. The average molecular weight is 264 g/mol. The van der Waals surface area contributed by atoms with Crippen LogP contribution in [-0.4, -0.2) is 7.28 Å². The normalized spacial score (nSPS) is 11.8. The first-order valence-corrected chi connectivity index (χ1v) is 6.80. The molecule has 0 aliphatic heterocycles. The number of rotatable bonds is 6. The molecule has 0 fully saturated rings. The van der Waals surface area contributed by atoms with Crippen LogP contribution in [-0.2, 0) is 5.41 Å². The molecule has 0 aliphatic rings. The molecule has 0 spiro atoms. The van der Waals surface area contributed by atoms with Crippen molar-refractivity contribution in [1.29, 1.82) is 0 Å². The maximum atomic E-state index is 3.69. The lowest BCUT2D eigenvalue weighted by molar-refractivity contribution is 0.592. The van der Waals surface area contributed by atoms with Gasteiger partial charge in [0.15, 0.2) is 7.28 Å². The number of hydrogen-bond acceptors (Lipinski definition) is 1. The maximum Gasteiger partial charge on any atom is 0.184 e. The van der Waals surface area contributed by atoms with Gasteiger partial charge in [-0.05, 0) is 17.1 Å². The Morgan fingerprint density at radius 1 is 1.10 bits per heavy atom. The number of nitrogens with one attached hydrogen (secondary N) is 1. The Morgan fingerprint density at radius 2 is 1.80 bits per heavy atom. The predicted octanol–water partition coefficient (Wildman–Crippen LogP) is 4.12. The molecule has 0 bridgehead atoms. The van der Waals surface area contributed by atoms with Gasteiger partial charge in [0.05, 0.1) is 0 Å². The molecule has 0 amide bonds. The van der Waals surface area contributed by atoms with E-state index in [2.05, 4.69) is 64.7 Å². The third kappa shape index (κ3) is 4.62. The molecule has 1 N–H and O–H groups in total. The highest BCUT2D eigenvalue weighted by Crippen LogP contribution is 2.28. The summed E-state index contributed by atoms with van der Waals surface area (Å²) in [6.07, 6.45) is 9.25. The second-order valence-corrected chi connectivity index (χ2v) is 5.55. The summed E-state index contributed by atoms with van der Waals surface area (Å²) in [5.74, 6) is 2.00. The van der Waals surface area contributed by atoms with E-state index in [1.807, 2.05) is 24.3 Å². The topological polar surface area (TPSA) is 12.0 Å². The molecule has 0 saturated heterocycles. The minimum Gasteiger partial charge on any atom is -0.362 e. The van der Waals surface area contributed by atoms with E-state index < -0.39 is 0 Å². The Bertz CT molecular complexity index is 519. The summed E-state index contributed by atoms with van der Waals surface area (Å²) in [5, 5.41) is 3.37. The van der Waals surface area contributed by atoms with Gasteiger partial charge in [-0.3, -0.25) is 0 Å². The molecule has 1 aromatic rings. The highest BCUT2D eigenvalue weighted by Gasteiger charge is 2.19. The number of anilines is 1. The molecular weight excluding hydrogens is 241 g/mol. The standard InChI is InChI=1S/C18H23BN/c1-6-8-13-19-16-12-10-11-15(18(3,4)5)17(16)20-14-9-7-2/h6-14,20H,1-2H2,3-5H3/b13-8+,14-9+. The fourth-order valence-electron chi connectivity index (χ4n) is 1.93. The van der Waals surface area contributed by atoms with Gasteiger partial charge in [0.2, 0.25) is 0 Å². The molecule has 0 saturated carbocycles. The zero-order valence-corrected chi connectivity index (χ0v) is 12.7. The maximum absolute atomic E-state index is 3.69. The Balaban J connectivity index is 3.20. The van der Waals surface area contributed by atoms with E-state index in [1.54, 1.807) is 12.2 Å². The van der Waals surface area contributed by atoms with Gasteiger partial charge in [-0.2, -0.15) is 0 Å². The fourth-order valence-corrected chi connectivity index (χ4v) is 1.93. The van der Waals surface area contributed by atoms with Gasteiger partial charge >= 0.3 is 0 Å². The van der Waals surface area contributed by atoms with E-state index in [9.17, 15) is 0 Å². The van der Waals surface area contributed by atoms with Crippen molar-refractivity contribution in [1.82, 2.24) is 0 Å². The highest BCUT2D eigenvalue weighted by molar-refractivity contribution is 6.60. The van der Waals surface area contributed by atoms with Gasteiger partial charge in [0.25, 0.3) is 0 Å². The first kappa shape index (κ1) is 16.1. The van der Waals surface area contributed by atoms with Crippen LogP contribution in [0.25, 0.3) is 0 Å². The molecule has 2 heteroatoms. The third-order valence-electron chi connectivity index (χ3n) is 2.89. The first-order chi connectivity index (χ1) is 9.50. The van der Waals surface area contributed by atoms with E-state index in [1.165, 1.54) is 5.56 Å². The molecule has 103 valence electrons. The minimum atomic E-state index is 0.0797. The number of allylic oxidation sites excluding steroid dienone is 4. The largest absolute Gasteiger partial charge is 0.362 e. The van der Waals surface area contributed by atoms with E-state index in [0.29, 0.717) is 0 Å². The van der Waals surface area contributed by atoms with Gasteiger partial charge in [0, 0.05) is 11.9 Å². The quantitative estimate of drug-likeness (QED) is 0.602. The monoisotopic (exact) mass is 264 g/mol. The van der Waals surface area contributed by atoms with Gasteiger partial charge in [-0.15, -0.1) is 5.98 Å². The molecule has 0 heterocycles. The van der Waals surface area contributed by atoms with Gasteiger partial charge in [0.1, 0.15) is 0 Å². The van der Waals surface area contributed by atoms with Crippen LogP contribution < -0.4 is 10.8 Å². The van der Waals surface area contributed by atoms with Crippen molar-refractivity contribution in [2.75, 3.05) is 5.32 Å². The smallest absolute Gasteiger partial charge is 0.184 e. The molecule has 1 nitrogen and oxygen atoms in total. The van der Waals surface area contributed by atoms with Gasteiger partial charge < -0.3 is 5.32 Å². The Labute approximate surface area is 124 Å². The lowest BCUT2D eigenvalue weighted by Gasteiger charge is -2.24. The second-order valence-electron chi connectivity index (χ2n) is 5.55. The molecule has 0 aliphatic carbocycles. The van der Waals surface area contributed by atoms with Crippen LogP contribution in [0.1, 0.15) is 26.3 Å². The van der Waals surface area contributed by atoms with E-state index in [0.717, 1.165) is 11.2 Å². The lowest BCUT2D eigenvalue weighted by atomic mass is 9.67. The summed E-state index contributed by atoms with van der Waals surface area (Å²) in [5.41, 5.74) is 3.65. The minimum absolute atomic E-state index is 0.0797. The van der Waals surface area contributed by atoms with Crippen molar-refractivity contribution in [3.63, 3.8) is 0 Å². The van der Waals surface area contributed by atoms with E-state index in [-0.39, 0.29) is 5.41 Å². The third-order valence-corrected chi connectivity index (χ3v) is 2.89. The summed E-state index contributed by atoms with van der Waals surface area (Å²) in [6, 6.07) is 6.36. The molecule has 1 aromatic carbocycles. The van der Waals surface area contributed by atoms with Gasteiger partial charge in [-0.25, -0.2) is 0 Å². The summed E-state index contributed by atoms with van der Waals surface area (Å²) in [4.78, 5) is 0. The number of hydrogen-bond donors (Lipinski definition) is 1. The summed E-state index contributed by atoms with van der Waals surface area (Å²) < 4.78 is 0. The Morgan fingerprint density at radius 3 is 2.40 bits per heavy atom. The van der Waals surface area contributed by atoms with Crippen LogP contribution >= 0.6 is 0 Å². The lowest BCUT2D eigenvalue weighted by Crippen LogP contribution is -2.23. The van der Waals surface area contributed by atoms with Crippen molar-refractivity contribution in [2.45, 2.75) is 26.2 Å². The highest BCUT2D eigenvalue weighted by atomic mass is 14.8. The van der Waals surface area contributed by atoms with Crippen molar-refractivity contribution in [2.24, 2.45) is 0 Å². The molecule has 0 unspecified atom stereocenters. The molecule has 1 radical (unpaired) electrons. The average Bonchev–Trinajstić information content (AvgIpc) is 2.39. The number of para-hydroxylation sites is 1. The summed E-state index contributed by atoms with van der Waals surface area (Å²) in [6.45, 7) is 14.0. The van der Waals surface area contributed by atoms with Crippen LogP contribution in [0.2, 0.25) is 0 Å². The van der Waals surface area contributed by atoms with E-state index >= 15 is 0 Å². The second kappa shape index (κ2) is 7.59. The SMILES string of the molecule is C=C/C=C/[B]c1cccc(C(C)(C)C)c1N/C=C/C=C. The van der Waals surface area contributed by atoms with Crippen molar-refractivity contribution < 1.29 is 0 Å². The zero-order valence-electron chi connectivity index (χ0n) is 12.7. The summed E-state index contributed by atoms with van der Waals surface area (Å²) >= 11 is 0. The van der Waals surface area contributed by atoms with E-state index in [4.69, 9.17) is 0 Å². The molecule has 0 atom stereocenters. The fraction of sp³-hybridized carbons (Fsp3) is 0.222. The van der Waals surface area contributed by atoms with Crippen LogP contribution in [0.5, 0.6) is 0 Å². The first-order valence-electron chi connectivity index (χ1n) is 6.80. The van der Waals surface area contributed by atoms with Crippen molar-refractivity contribution in [3.8, 4) is 0 Å². The van der Waals surface area contributed by atoms with Crippen LogP contribution in [0.4, 0.5) is 5.69 Å². The zero-order chi connectivity index (χ0) is 15.0.